The van der Waals surface area contributed by atoms with E-state index >= 15 is 0 Å². The van der Waals surface area contributed by atoms with Gasteiger partial charge in [-0.2, -0.15) is 0 Å². The second-order valence-corrected chi connectivity index (χ2v) is 9.51. The van der Waals surface area contributed by atoms with Crippen molar-refractivity contribution in [1.82, 2.24) is 9.47 Å². The van der Waals surface area contributed by atoms with E-state index in [-0.39, 0.29) is 0 Å². The minimum Gasteiger partial charge on any atom is -0.390 e. The molecule has 0 bridgehead atoms. The Bertz CT molecular complexity index is 922. The second kappa shape index (κ2) is 8.74. The van der Waals surface area contributed by atoms with Crippen LogP contribution in [0.5, 0.6) is 0 Å². The maximum absolute atomic E-state index is 10.7. The number of nitrogens with zero attached hydrogens (tertiary/aromatic N) is 2. The number of likely N-dealkylation sites (N-methyl/N-ethyl adjacent to an activating group) is 1. The molecule has 26 heavy (non-hydrogen) atoms. The molecule has 0 spiro atoms. The van der Waals surface area contributed by atoms with Crippen LogP contribution < -0.4 is 0 Å². The van der Waals surface area contributed by atoms with Crippen LogP contribution in [0.25, 0.3) is 21.8 Å². The number of halogens is 3. The molecule has 0 aliphatic heterocycles. The summed E-state index contributed by atoms with van der Waals surface area (Å²) >= 11 is 10.9. The van der Waals surface area contributed by atoms with Crippen LogP contribution >= 0.6 is 47.8 Å². The van der Waals surface area contributed by atoms with Crippen molar-refractivity contribution in [2.45, 2.75) is 32.4 Å². The quantitative estimate of drug-likeness (QED) is 0.383. The van der Waals surface area contributed by atoms with Gasteiger partial charge < -0.3 is 14.6 Å². The highest BCUT2D eigenvalue weighted by molar-refractivity contribution is 9.11. The molecule has 0 saturated carbocycles. The molecule has 0 aliphatic carbocycles. The smallest absolute Gasteiger partial charge is 0.0845 e. The van der Waals surface area contributed by atoms with Crippen LogP contribution in [0.4, 0.5) is 0 Å². The third-order valence-electron chi connectivity index (χ3n) is 4.65. The first-order chi connectivity index (χ1) is 12.4. The number of rotatable bonds is 7. The van der Waals surface area contributed by atoms with Crippen molar-refractivity contribution in [1.29, 1.82) is 0 Å². The molecule has 0 fully saturated rings. The molecule has 2 aromatic carbocycles. The van der Waals surface area contributed by atoms with Crippen molar-refractivity contribution in [2.24, 2.45) is 0 Å². The van der Waals surface area contributed by atoms with Crippen LogP contribution in [0.2, 0.25) is 0 Å². The van der Waals surface area contributed by atoms with Crippen molar-refractivity contribution < 1.29 is 5.11 Å². The maximum atomic E-state index is 10.7. The Morgan fingerprint density at radius 2 is 1.81 bits per heavy atom. The van der Waals surface area contributed by atoms with E-state index in [4.69, 9.17) is 0 Å². The van der Waals surface area contributed by atoms with E-state index in [0.29, 0.717) is 13.1 Å². The van der Waals surface area contributed by atoms with E-state index in [1.54, 1.807) is 0 Å². The van der Waals surface area contributed by atoms with Crippen LogP contribution in [0.15, 0.2) is 43.7 Å². The first kappa shape index (κ1) is 20.3. The van der Waals surface area contributed by atoms with Gasteiger partial charge >= 0.3 is 0 Å². The van der Waals surface area contributed by atoms with E-state index in [1.807, 2.05) is 0 Å². The fourth-order valence-electron chi connectivity index (χ4n) is 3.46. The second-order valence-electron chi connectivity index (χ2n) is 6.83. The number of unbranched alkanes of at least 4 members (excludes halogenated alkanes) is 1. The summed E-state index contributed by atoms with van der Waals surface area (Å²) in [6.07, 6.45) is 1.91. The maximum Gasteiger partial charge on any atom is 0.0845 e. The summed E-state index contributed by atoms with van der Waals surface area (Å²) in [4.78, 5) is 2.21. The van der Waals surface area contributed by atoms with Crippen LogP contribution in [-0.2, 0) is 6.54 Å². The average Bonchev–Trinajstić information content (AvgIpc) is 2.86. The Kier molecular flexibility index (Phi) is 6.83. The minimum atomic E-state index is -0.421. The lowest BCUT2D eigenvalue weighted by Gasteiger charge is -2.21. The number of aliphatic hydroxyl groups is 1. The lowest BCUT2D eigenvalue weighted by Crippen LogP contribution is -2.32. The number of aliphatic hydroxyl groups excluding tert-OH is 1. The Hall–Kier alpha value is -0.400. The van der Waals surface area contributed by atoms with Gasteiger partial charge in [0.2, 0.25) is 0 Å². The minimum absolute atomic E-state index is 0.421. The number of benzene rings is 2. The fraction of sp³-hybridized carbons (Fsp3) is 0.400. The molecule has 0 saturated heterocycles. The fourth-order valence-corrected chi connectivity index (χ4v) is 5.26. The molecule has 3 nitrogen and oxygen atoms in total. The molecular formula is C20H23Br3N2O. The molecule has 1 aromatic heterocycles. The molecule has 140 valence electrons. The van der Waals surface area contributed by atoms with Gasteiger partial charge in [-0.05, 0) is 66.3 Å². The molecule has 1 N–H and O–H groups in total. The van der Waals surface area contributed by atoms with Crippen molar-refractivity contribution in [2.75, 3.05) is 20.1 Å². The summed E-state index contributed by atoms with van der Waals surface area (Å²) in [6, 6.07) is 10.5. The van der Waals surface area contributed by atoms with Gasteiger partial charge in [0.25, 0.3) is 0 Å². The summed E-state index contributed by atoms with van der Waals surface area (Å²) in [5.74, 6) is 0. The summed E-state index contributed by atoms with van der Waals surface area (Å²) in [6.45, 7) is 4.45. The molecule has 3 aromatic rings. The SMILES string of the molecule is CCCCN(C)C[C@H](O)Cn1c2ccc(Br)cc2c2cc(Br)cc(Br)c21. The Morgan fingerprint density at radius 1 is 1.08 bits per heavy atom. The number of hydrogen-bond acceptors (Lipinski definition) is 2. The van der Waals surface area contributed by atoms with Crippen LogP contribution in [0, 0.1) is 0 Å². The van der Waals surface area contributed by atoms with E-state index in [0.717, 1.165) is 37.4 Å². The first-order valence-electron chi connectivity index (χ1n) is 8.83. The standard InChI is InChI=1S/C20H23Br3N2O/c1-3-4-7-24(2)11-15(26)12-25-19-6-5-13(21)8-16(19)17-9-14(22)10-18(23)20(17)25/h5-6,8-10,15,26H,3-4,7,11-12H2,1-2H3/t15-/m0/s1. The largest absolute Gasteiger partial charge is 0.390 e. The van der Waals surface area contributed by atoms with Gasteiger partial charge in [-0.3, -0.25) is 0 Å². The summed E-state index contributed by atoms with van der Waals surface area (Å²) in [5.41, 5.74) is 2.26. The monoisotopic (exact) mass is 544 g/mol. The summed E-state index contributed by atoms with van der Waals surface area (Å²) < 4.78 is 5.35. The molecule has 6 heteroatoms. The molecule has 0 radical (unpaired) electrons. The zero-order valence-electron chi connectivity index (χ0n) is 15.0. The van der Waals surface area contributed by atoms with Crippen molar-refractivity contribution in [3.63, 3.8) is 0 Å². The van der Waals surface area contributed by atoms with Gasteiger partial charge in [-0.15, -0.1) is 0 Å². The highest BCUT2D eigenvalue weighted by Crippen LogP contribution is 2.37. The lowest BCUT2D eigenvalue weighted by molar-refractivity contribution is 0.111. The molecule has 1 heterocycles. The van der Waals surface area contributed by atoms with Crippen molar-refractivity contribution >= 4 is 69.6 Å². The molecule has 0 amide bonds. The number of aromatic nitrogens is 1. The van der Waals surface area contributed by atoms with Gasteiger partial charge in [-0.25, -0.2) is 0 Å². The van der Waals surface area contributed by atoms with Crippen LogP contribution in [-0.4, -0.2) is 40.8 Å². The molecule has 0 aliphatic rings. The molecule has 0 unspecified atom stereocenters. The Labute approximate surface area is 179 Å². The normalized spacial score (nSPS) is 13.2. The zero-order chi connectivity index (χ0) is 18.8. The van der Waals surface area contributed by atoms with Crippen molar-refractivity contribution in [3.05, 3.63) is 43.7 Å². The lowest BCUT2D eigenvalue weighted by atomic mass is 10.2. The van der Waals surface area contributed by atoms with Crippen LogP contribution in [0.3, 0.4) is 0 Å². The first-order valence-corrected chi connectivity index (χ1v) is 11.2. The Balaban J connectivity index is 2.01. The summed E-state index contributed by atoms with van der Waals surface area (Å²) in [5, 5.41) is 13.1. The van der Waals surface area contributed by atoms with E-state index in [9.17, 15) is 5.11 Å². The predicted octanol–water partition coefficient (Wildman–Crippen LogP) is 6.17. The summed E-state index contributed by atoms with van der Waals surface area (Å²) in [7, 11) is 2.08. The van der Waals surface area contributed by atoms with Gasteiger partial charge in [-0.1, -0.05) is 45.2 Å². The highest BCUT2D eigenvalue weighted by Gasteiger charge is 2.17. The van der Waals surface area contributed by atoms with Gasteiger partial charge in [0, 0.05) is 36.3 Å². The molecular weight excluding hydrogens is 524 g/mol. The third kappa shape index (κ3) is 4.36. The molecule has 3 rings (SSSR count). The van der Waals surface area contributed by atoms with Gasteiger partial charge in [0.1, 0.15) is 0 Å². The zero-order valence-corrected chi connectivity index (χ0v) is 19.7. The highest BCUT2D eigenvalue weighted by atomic mass is 79.9. The van der Waals surface area contributed by atoms with Gasteiger partial charge in [0.05, 0.1) is 18.2 Å². The topological polar surface area (TPSA) is 28.4 Å². The van der Waals surface area contributed by atoms with Crippen molar-refractivity contribution in [3.8, 4) is 0 Å². The van der Waals surface area contributed by atoms with Crippen LogP contribution in [0.1, 0.15) is 19.8 Å². The van der Waals surface area contributed by atoms with E-state index in [1.165, 1.54) is 17.2 Å². The number of hydrogen-bond donors (Lipinski definition) is 1. The van der Waals surface area contributed by atoms with Gasteiger partial charge in [0.15, 0.2) is 0 Å². The third-order valence-corrected chi connectivity index (χ3v) is 6.20. The average molecular weight is 547 g/mol. The van der Waals surface area contributed by atoms with E-state index < -0.39 is 6.10 Å². The predicted molar refractivity (Wildman–Crippen MR) is 121 cm³/mol. The van der Waals surface area contributed by atoms with E-state index in [2.05, 4.69) is 102 Å². The number of fused-ring (bicyclic) bond motifs is 3. The Morgan fingerprint density at radius 3 is 2.54 bits per heavy atom. The molecule has 1 atom stereocenters.